The van der Waals surface area contributed by atoms with Crippen LogP contribution in [0.2, 0.25) is 0 Å². The van der Waals surface area contributed by atoms with E-state index in [4.69, 9.17) is 0 Å². The maximum Gasteiger partial charge on any atom is 0.139 e. The van der Waals surface area contributed by atoms with E-state index in [2.05, 4.69) is 53.3 Å². The van der Waals surface area contributed by atoms with Crippen molar-refractivity contribution in [3.05, 3.63) is 63.4 Å². The fourth-order valence-electron chi connectivity index (χ4n) is 1.72. The third kappa shape index (κ3) is 3.10. The van der Waals surface area contributed by atoms with Crippen molar-refractivity contribution in [3.63, 3.8) is 0 Å². The van der Waals surface area contributed by atoms with Crippen LogP contribution in [0, 0.1) is 19.7 Å². The van der Waals surface area contributed by atoms with Crippen molar-refractivity contribution in [2.45, 2.75) is 20.4 Å². The average molecular weight is 308 g/mol. The van der Waals surface area contributed by atoms with Crippen LogP contribution in [0.25, 0.3) is 0 Å². The summed E-state index contributed by atoms with van der Waals surface area (Å²) in [6, 6.07) is 11.4. The van der Waals surface area contributed by atoms with Crippen LogP contribution in [0.3, 0.4) is 0 Å². The lowest BCUT2D eigenvalue weighted by Gasteiger charge is -2.09. The van der Waals surface area contributed by atoms with Gasteiger partial charge in [-0.25, -0.2) is 4.39 Å². The molecular formula is C15H15BrFN. The van der Waals surface area contributed by atoms with Crippen molar-refractivity contribution in [2.75, 3.05) is 5.32 Å². The number of benzene rings is 2. The van der Waals surface area contributed by atoms with Gasteiger partial charge in [0.1, 0.15) is 5.82 Å². The second kappa shape index (κ2) is 5.53. The zero-order valence-electron chi connectivity index (χ0n) is 10.4. The van der Waals surface area contributed by atoms with E-state index in [1.54, 1.807) is 6.07 Å². The zero-order chi connectivity index (χ0) is 13.1. The molecular weight excluding hydrogens is 293 g/mol. The summed E-state index contributed by atoms with van der Waals surface area (Å²) < 4.78 is 13.8. The van der Waals surface area contributed by atoms with Crippen LogP contribution in [0.1, 0.15) is 16.7 Å². The normalized spacial score (nSPS) is 10.4. The number of halogens is 2. The Bertz CT molecular complexity index is 515. The van der Waals surface area contributed by atoms with E-state index in [1.807, 2.05) is 6.07 Å². The number of rotatable bonds is 3. The van der Waals surface area contributed by atoms with Gasteiger partial charge in [0.05, 0.1) is 4.47 Å². The third-order valence-electron chi connectivity index (χ3n) is 2.99. The first kappa shape index (κ1) is 13.1. The molecule has 0 aliphatic carbocycles. The molecule has 2 rings (SSSR count). The minimum Gasteiger partial charge on any atom is -0.381 e. The van der Waals surface area contributed by atoms with Crippen LogP contribution in [0.15, 0.2) is 40.9 Å². The standard InChI is InChI=1S/C15H15BrFN/c1-10-3-4-12(7-11(10)2)9-18-13-5-6-14(16)15(17)8-13/h3-8,18H,9H2,1-2H3. The highest BCUT2D eigenvalue weighted by molar-refractivity contribution is 9.10. The molecule has 0 radical (unpaired) electrons. The molecule has 0 spiro atoms. The summed E-state index contributed by atoms with van der Waals surface area (Å²) in [6.07, 6.45) is 0. The highest BCUT2D eigenvalue weighted by Crippen LogP contribution is 2.20. The summed E-state index contributed by atoms with van der Waals surface area (Å²) in [5.41, 5.74) is 4.54. The van der Waals surface area contributed by atoms with Gasteiger partial charge < -0.3 is 5.32 Å². The molecule has 3 heteroatoms. The molecule has 0 saturated carbocycles. The van der Waals surface area contributed by atoms with Crippen LogP contribution in [0.4, 0.5) is 10.1 Å². The van der Waals surface area contributed by atoms with Gasteiger partial charge in [-0.2, -0.15) is 0 Å². The molecule has 0 bridgehead atoms. The Morgan fingerprint density at radius 1 is 1.06 bits per heavy atom. The molecule has 0 unspecified atom stereocenters. The van der Waals surface area contributed by atoms with Crippen molar-refractivity contribution in [3.8, 4) is 0 Å². The Labute approximate surface area is 115 Å². The molecule has 0 atom stereocenters. The molecule has 0 saturated heterocycles. The summed E-state index contributed by atoms with van der Waals surface area (Å²) in [6.45, 7) is 4.89. The van der Waals surface area contributed by atoms with Crippen LogP contribution in [-0.2, 0) is 6.54 Å². The van der Waals surface area contributed by atoms with E-state index in [-0.39, 0.29) is 5.82 Å². The van der Waals surface area contributed by atoms with Crippen LogP contribution in [0.5, 0.6) is 0 Å². The van der Waals surface area contributed by atoms with Gasteiger partial charge >= 0.3 is 0 Å². The molecule has 0 fully saturated rings. The van der Waals surface area contributed by atoms with Crippen molar-refractivity contribution in [1.29, 1.82) is 0 Å². The van der Waals surface area contributed by atoms with E-state index >= 15 is 0 Å². The SMILES string of the molecule is Cc1ccc(CNc2ccc(Br)c(F)c2)cc1C. The molecule has 94 valence electrons. The summed E-state index contributed by atoms with van der Waals surface area (Å²) in [5, 5.41) is 3.21. The van der Waals surface area contributed by atoms with Crippen LogP contribution < -0.4 is 5.32 Å². The summed E-state index contributed by atoms with van der Waals surface area (Å²) in [7, 11) is 0. The summed E-state index contributed by atoms with van der Waals surface area (Å²) in [5.74, 6) is -0.250. The van der Waals surface area contributed by atoms with Crippen LogP contribution >= 0.6 is 15.9 Å². The quantitative estimate of drug-likeness (QED) is 0.857. The maximum absolute atomic E-state index is 13.3. The Balaban J connectivity index is 2.06. The highest BCUT2D eigenvalue weighted by Gasteiger charge is 2.01. The van der Waals surface area contributed by atoms with Gasteiger partial charge in [0, 0.05) is 12.2 Å². The molecule has 1 nitrogen and oxygen atoms in total. The summed E-state index contributed by atoms with van der Waals surface area (Å²) in [4.78, 5) is 0. The molecule has 1 N–H and O–H groups in total. The smallest absolute Gasteiger partial charge is 0.139 e. The topological polar surface area (TPSA) is 12.0 Å². The predicted octanol–water partition coefficient (Wildman–Crippen LogP) is 4.82. The lowest BCUT2D eigenvalue weighted by molar-refractivity contribution is 0.621. The average Bonchev–Trinajstić information content (AvgIpc) is 2.35. The number of hydrogen-bond acceptors (Lipinski definition) is 1. The lowest BCUT2D eigenvalue weighted by atomic mass is 10.1. The predicted molar refractivity (Wildman–Crippen MR) is 77.3 cm³/mol. The fraction of sp³-hybridized carbons (Fsp3) is 0.200. The number of nitrogens with one attached hydrogen (secondary N) is 1. The van der Waals surface area contributed by atoms with E-state index in [9.17, 15) is 4.39 Å². The molecule has 0 heterocycles. The highest BCUT2D eigenvalue weighted by atomic mass is 79.9. The largest absolute Gasteiger partial charge is 0.381 e. The molecule has 2 aromatic rings. The van der Waals surface area contributed by atoms with Gasteiger partial charge in [0.2, 0.25) is 0 Å². The molecule has 0 aliphatic rings. The van der Waals surface area contributed by atoms with Crippen molar-refractivity contribution in [2.24, 2.45) is 0 Å². The Morgan fingerprint density at radius 2 is 1.83 bits per heavy atom. The second-order valence-electron chi connectivity index (χ2n) is 4.40. The monoisotopic (exact) mass is 307 g/mol. The van der Waals surface area contributed by atoms with E-state index in [0.29, 0.717) is 11.0 Å². The van der Waals surface area contributed by atoms with Crippen LogP contribution in [-0.4, -0.2) is 0 Å². The summed E-state index contributed by atoms with van der Waals surface area (Å²) >= 11 is 3.14. The molecule has 0 aliphatic heterocycles. The van der Waals surface area contributed by atoms with Gasteiger partial charge in [0.25, 0.3) is 0 Å². The Kier molecular flexibility index (Phi) is 4.02. The van der Waals surface area contributed by atoms with Gasteiger partial charge in [-0.3, -0.25) is 0 Å². The van der Waals surface area contributed by atoms with Gasteiger partial charge in [-0.05, 0) is 64.7 Å². The molecule has 0 aromatic heterocycles. The Morgan fingerprint density at radius 3 is 2.50 bits per heavy atom. The van der Waals surface area contributed by atoms with Crippen molar-refractivity contribution < 1.29 is 4.39 Å². The minimum atomic E-state index is -0.250. The molecule has 18 heavy (non-hydrogen) atoms. The lowest BCUT2D eigenvalue weighted by Crippen LogP contribution is -2.00. The van der Waals surface area contributed by atoms with E-state index in [1.165, 1.54) is 22.8 Å². The third-order valence-corrected chi connectivity index (χ3v) is 3.63. The minimum absolute atomic E-state index is 0.250. The molecule has 2 aromatic carbocycles. The van der Waals surface area contributed by atoms with Crippen molar-refractivity contribution in [1.82, 2.24) is 0 Å². The van der Waals surface area contributed by atoms with Gasteiger partial charge in [0.15, 0.2) is 0 Å². The fourth-order valence-corrected chi connectivity index (χ4v) is 1.97. The van der Waals surface area contributed by atoms with E-state index in [0.717, 1.165) is 5.69 Å². The van der Waals surface area contributed by atoms with E-state index < -0.39 is 0 Å². The van der Waals surface area contributed by atoms with Crippen molar-refractivity contribution >= 4 is 21.6 Å². The molecule has 0 amide bonds. The maximum atomic E-state index is 13.3. The second-order valence-corrected chi connectivity index (χ2v) is 5.26. The van der Waals surface area contributed by atoms with Gasteiger partial charge in [-0.1, -0.05) is 18.2 Å². The number of aryl methyl sites for hydroxylation is 2. The number of hydrogen-bond donors (Lipinski definition) is 1. The first-order valence-corrected chi connectivity index (χ1v) is 6.60. The number of anilines is 1. The first-order valence-electron chi connectivity index (χ1n) is 5.81. The zero-order valence-corrected chi connectivity index (χ0v) is 12.0. The first-order chi connectivity index (χ1) is 8.56. The van der Waals surface area contributed by atoms with Gasteiger partial charge in [-0.15, -0.1) is 0 Å². The Hall–Kier alpha value is -1.35.